The van der Waals surface area contributed by atoms with E-state index in [1.54, 1.807) is 4.90 Å². The Labute approximate surface area is 201 Å². The Bertz CT molecular complexity index is 893. The molecule has 0 radical (unpaired) electrons. The number of carbonyl (C=O) groups is 2. The number of halogens is 2. The van der Waals surface area contributed by atoms with Gasteiger partial charge >= 0.3 is 0 Å². The van der Waals surface area contributed by atoms with Crippen molar-refractivity contribution in [3.63, 3.8) is 0 Å². The zero-order chi connectivity index (χ0) is 22.9. The normalized spacial score (nSPS) is 14.3. The van der Waals surface area contributed by atoms with Crippen LogP contribution in [0, 0.1) is 0 Å². The number of aromatic nitrogens is 1. The number of likely N-dealkylation sites (N-methyl/N-ethyl adjacent to an activating group) is 1. The molecule has 3 rings (SSSR count). The number of alkyl halides is 1. The second kappa shape index (κ2) is 12.3. The smallest absolute Gasteiger partial charge is 0.242 e. The Morgan fingerprint density at radius 2 is 1.81 bits per heavy atom. The maximum Gasteiger partial charge on any atom is 0.242 e. The molecule has 0 atom stereocenters. The molecule has 5 nitrogen and oxygen atoms in total. The van der Waals surface area contributed by atoms with Crippen molar-refractivity contribution in [2.45, 2.75) is 64.6 Å². The third kappa shape index (κ3) is 6.52. The van der Waals surface area contributed by atoms with Crippen molar-refractivity contribution in [3.05, 3.63) is 58.9 Å². The summed E-state index contributed by atoms with van der Waals surface area (Å²) in [5.41, 5.74) is 2.12. The molecule has 7 heteroatoms. The summed E-state index contributed by atoms with van der Waals surface area (Å²) in [5, 5.41) is 0.740. The quantitative estimate of drug-likeness (QED) is 0.434. The first-order valence-electron chi connectivity index (χ1n) is 11.5. The summed E-state index contributed by atoms with van der Waals surface area (Å²) in [4.78, 5) is 29.4. The molecule has 2 amide bonds. The van der Waals surface area contributed by atoms with Gasteiger partial charge in [0.1, 0.15) is 0 Å². The highest BCUT2D eigenvalue weighted by molar-refractivity contribution is 6.31. The lowest BCUT2D eigenvalue weighted by Gasteiger charge is -2.36. The zero-order valence-corrected chi connectivity index (χ0v) is 20.3. The van der Waals surface area contributed by atoms with Gasteiger partial charge in [0.05, 0.1) is 13.1 Å². The van der Waals surface area contributed by atoms with E-state index in [9.17, 15) is 9.59 Å². The first-order chi connectivity index (χ1) is 15.5. The molecule has 174 valence electrons. The van der Waals surface area contributed by atoms with Gasteiger partial charge in [0.25, 0.3) is 0 Å². The van der Waals surface area contributed by atoms with Gasteiger partial charge in [-0.1, -0.05) is 49.1 Å². The number of hydrogen-bond acceptors (Lipinski definition) is 2. The van der Waals surface area contributed by atoms with Gasteiger partial charge in [0.2, 0.25) is 11.8 Å². The molecule has 1 aromatic heterocycles. The molecular formula is C25H33Cl2N3O2. The zero-order valence-electron chi connectivity index (χ0n) is 18.8. The molecule has 2 aromatic rings. The molecule has 0 unspecified atom stereocenters. The van der Waals surface area contributed by atoms with Crippen LogP contribution in [0.5, 0.6) is 0 Å². The Kier molecular flexibility index (Phi) is 9.49. The van der Waals surface area contributed by atoms with E-state index in [4.69, 9.17) is 23.2 Å². The summed E-state index contributed by atoms with van der Waals surface area (Å²) >= 11 is 12.1. The Hall–Kier alpha value is -1.98. The summed E-state index contributed by atoms with van der Waals surface area (Å²) in [6.07, 6.45) is 7.81. The molecule has 0 N–H and O–H groups in total. The molecule has 0 aliphatic heterocycles. The van der Waals surface area contributed by atoms with Gasteiger partial charge in [-0.3, -0.25) is 9.59 Å². The van der Waals surface area contributed by atoms with Crippen LogP contribution in [0.25, 0.3) is 0 Å². The topological polar surface area (TPSA) is 45.6 Å². The molecular weight excluding hydrogens is 445 g/mol. The summed E-state index contributed by atoms with van der Waals surface area (Å²) in [5.74, 6) is 0.208. The van der Waals surface area contributed by atoms with Gasteiger partial charge in [-0.25, -0.2) is 0 Å². The second-order valence-electron chi connectivity index (χ2n) is 8.38. The Morgan fingerprint density at radius 3 is 2.50 bits per heavy atom. The van der Waals surface area contributed by atoms with E-state index in [2.05, 4.69) is 10.6 Å². The van der Waals surface area contributed by atoms with E-state index in [1.165, 1.54) is 6.42 Å². The van der Waals surface area contributed by atoms with Crippen molar-refractivity contribution >= 4 is 35.0 Å². The molecule has 0 saturated heterocycles. The summed E-state index contributed by atoms with van der Waals surface area (Å²) in [6.45, 7) is 3.70. The van der Waals surface area contributed by atoms with Crippen LogP contribution in [-0.4, -0.2) is 51.2 Å². The predicted molar refractivity (Wildman–Crippen MR) is 130 cm³/mol. The van der Waals surface area contributed by atoms with Gasteiger partial charge in [-0.05, 0) is 43.5 Å². The summed E-state index contributed by atoms with van der Waals surface area (Å²) < 4.78 is 2.15. The van der Waals surface area contributed by atoms with Gasteiger partial charge in [0.15, 0.2) is 0 Å². The minimum atomic E-state index is -0.0680. The van der Waals surface area contributed by atoms with E-state index in [0.29, 0.717) is 19.6 Å². The maximum absolute atomic E-state index is 13.4. The monoisotopic (exact) mass is 477 g/mol. The molecule has 1 aliphatic carbocycles. The van der Waals surface area contributed by atoms with Crippen LogP contribution < -0.4 is 0 Å². The maximum atomic E-state index is 13.4. The highest BCUT2D eigenvalue weighted by Crippen LogP contribution is 2.25. The van der Waals surface area contributed by atoms with E-state index in [1.807, 2.05) is 48.4 Å². The van der Waals surface area contributed by atoms with Crippen molar-refractivity contribution in [2.24, 2.45) is 0 Å². The molecule has 1 aliphatic rings. The van der Waals surface area contributed by atoms with E-state index in [0.717, 1.165) is 42.0 Å². The lowest BCUT2D eigenvalue weighted by molar-refractivity contribution is -0.142. The minimum absolute atomic E-state index is 0.00664. The highest BCUT2D eigenvalue weighted by Gasteiger charge is 2.28. The van der Waals surface area contributed by atoms with Crippen LogP contribution in [0.2, 0.25) is 5.02 Å². The minimum Gasteiger partial charge on any atom is -0.345 e. The Balaban J connectivity index is 1.78. The fraction of sp³-hybridized carbons (Fsp3) is 0.520. The van der Waals surface area contributed by atoms with Crippen LogP contribution >= 0.6 is 23.2 Å². The molecule has 1 saturated carbocycles. The highest BCUT2D eigenvalue weighted by atomic mass is 35.5. The number of hydrogen-bond donors (Lipinski definition) is 0. The lowest BCUT2D eigenvalue weighted by Crippen LogP contribution is -2.47. The summed E-state index contributed by atoms with van der Waals surface area (Å²) in [6, 6.07) is 12.1. The average molecular weight is 478 g/mol. The van der Waals surface area contributed by atoms with Crippen molar-refractivity contribution in [1.29, 1.82) is 0 Å². The van der Waals surface area contributed by atoms with Gasteiger partial charge in [-0.2, -0.15) is 0 Å². The molecule has 1 heterocycles. The molecule has 1 fully saturated rings. The van der Waals surface area contributed by atoms with Crippen molar-refractivity contribution in [1.82, 2.24) is 14.4 Å². The molecule has 32 heavy (non-hydrogen) atoms. The van der Waals surface area contributed by atoms with Crippen LogP contribution in [-0.2, 0) is 22.7 Å². The van der Waals surface area contributed by atoms with Crippen LogP contribution in [0.3, 0.4) is 0 Å². The van der Waals surface area contributed by atoms with Crippen molar-refractivity contribution in [2.75, 3.05) is 19.0 Å². The number of rotatable bonds is 10. The third-order valence-electron chi connectivity index (χ3n) is 6.26. The average Bonchev–Trinajstić information content (AvgIpc) is 3.24. The number of nitrogens with zero attached hydrogens (tertiary/aromatic N) is 3. The Morgan fingerprint density at radius 1 is 1.06 bits per heavy atom. The van der Waals surface area contributed by atoms with Crippen LogP contribution in [0.4, 0.5) is 0 Å². The van der Waals surface area contributed by atoms with Crippen molar-refractivity contribution < 1.29 is 9.59 Å². The number of amides is 2. The SMILES string of the molecule is CCN(CC(=O)N(Cc1cccn1Cc1ccccc1Cl)C1CCCCC1)C(=O)CCCl. The fourth-order valence-electron chi connectivity index (χ4n) is 4.41. The predicted octanol–water partition coefficient (Wildman–Crippen LogP) is 5.33. The largest absolute Gasteiger partial charge is 0.345 e. The lowest BCUT2D eigenvalue weighted by atomic mass is 9.94. The van der Waals surface area contributed by atoms with Gasteiger partial charge in [-0.15, -0.1) is 11.6 Å². The molecule has 0 bridgehead atoms. The van der Waals surface area contributed by atoms with Crippen LogP contribution in [0.15, 0.2) is 42.6 Å². The fourth-order valence-corrected chi connectivity index (χ4v) is 4.77. The van der Waals surface area contributed by atoms with Crippen molar-refractivity contribution in [3.8, 4) is 0 Å². The first kappa shape index (κ1) is 24.7. The third-order valence-corrected chi connectivity index (χ3v) is 6.82. The molecule has 1 aromatic carbocycles. The van der Waals surface area contributed by atoms with Crippen LogP contribution in [0.1, 0.15) is 56.7 Å². The van der Waals surface area contributed by atoms with E-state index >= 15 is 0 Å². The van der Waals surface area contributed by atoms with Gasteiger partial charge < -0.3 is 14.4 Å². The second-order valence-corrected chi connectivity index (χ2v) is 9.16. The number of carbonyl (C=O) groups excluding carboxylic acids is 2. The molecule has 0 spiro atoms. The summed E-state index contributed by atoms with van der Waals surface area (Å²) in [7, 11) is 0. The van der Waals surface area contributed by atoms with Gasteiger partial charge in [0, 0.05) is 48.3 Å². The standard InChI is InChI=1S/C25H33Cl2N3O2/c1-2-28(24(31)14-15-26)19-25(32)30(21-10-4-3-5-11-21)18-22-12-8-16-29(22)17-20-9-6-7-13-23(20)27/h6-9,12-13,16,21H,2-5,10-11,14-15,17-19H2,1H3. The van der Waals surface area contributed by atoms with E-state index < -0.39 is 0 Å². The van der Waals surface area contributed by atoms with E-state index in [-0.39, 0.29) is 36.7 Å². The number of benzene rings is 1. The first-order valence-corrected chi connectivity index (χ1v) is 12.4.